The van der Waals surface area contributed by atoms with Crippen LogP contribution < -0.4 is 5.32 Å². The van der Waals surface area contributed by atoms with E-state index in [-0.39, 0.29) is 6.29 Å². The minimum Gasteiger partial charge on any atom is -0.345 e. The number of nitrogens with zero attached hydrogens (tertiary/aromatic N) is 1. The fourth-order valence-electron chi connectivity index (χ4n) is 3.63. The number of hydrogen-bond donors (Lipinski definition) is 1. The molecule has 0 atom stereocenters. The second kappa shape index (κ2) is 7.74. The van der Waals surface area contributed by atoms with Crippen LogP contribution >= 0.6 is 11.3 Å². The predicted octanol–water partition coefficient (Wildman–Crippen LogP) is 4.00. The van der Waals surface area contributed by atoms with Crippen molar-refractivity contribution in [2.75, 3.05) is 13.2 Å². The molecular weight excluding hydrogens is 320 g/mol. The van der Waals surface area contributed by atoms with E-state index in [0.717, 1.165) is 23.2 Å². The maximum atomic E-state index is 5.50. The Morgan fingerprint density at radius 2 is 1.79 bits per heavy atom. The maximum Gasteiger partial charge on any atom is 0.202 e. The minimum absolute atomic E-state index is 0.253. The summed E-state index contributed by atoms with van der Waals surface area (Å²) in [5.41, 5.74) is 2.42. The van der Waals surface area contributed by atoms with E-state index in [1.54, 1.807) is 11.3 Å². The van der Waals surface area contributed by atoms with Crippen molar-refractivity contribution < 1.29 is 9.47 Å². The molecule has 5 heteroatoms. The molecule has 1 saturated heterocycles. The maximum absolute atomic E-state index is 5.50. The summed E-state index contributed by atoms with van der Waals surface area (Å²) in [4.78, 5) is 4.65. The lowest BCUT2D eigenvalue weighted by Gasteiger charge is -2.29. The molecule has 128 valence electrons. The van der Waals surface area contributed by atoms with Gasteiger partial charge in [-0.15, -0.1) is 11.3 Å². The van der Waals surface area contributed by atoms with Gasteiger partial charge in [0.25, 0.3) is 0 Å². The van der Waals surface area contributed by atoms with E-state index in [0.29, 0.717) is 19.3 Å². The molecule has 1 N–H and O–H groups in total. The number of aromatic nitrogens is 1. The molecule has 1 aromatic heterocycles. The van der Waals surface area contributed by atoms with E-state index in [2.05, 4.69) is 46.0 Å². The third-order valence-electron chi connectivity index (χ3n) is 4.97. The van der Waals surface area contributed by atoms with Crippen LogP contribution in [0.15, 0.2) is 35.7 Å². The zero-order valence-electron chi connectivity index (χ0n) is 13.8. The topological polar surface area (TPSA) is 43.4 Å². The fourth-order valence-corrected chi connectivity index (χ4v) is 4.38. The largest absolute Gasteiger partial charge is 0.345 e. The molecule has 1 saturated carbocycles. The molecule has 1 aliphatic carbocycles. The zero-order chi connectivity index (χ0) is 16.2. The minimum atomic E-state index is -0.253. The van der Waals surface area contributed by atoms with Crippen LogP contribution in [0.1, 0.15) is 54.2 Å². The van der Waals surface area contributed by atoms with E-state index in [1.165, 1.54) is 31.2 Å². The Labute approximate surface area is 147 Å². The Bertz CT molecular complexity index is 632. The average molecular weight is 344 g/mol. The van der Waals surface area contributed by atoms with Crippen LogP contribution in [0.2, 0.25) is 0 Å². The highest BCUT2D eigenvalue weighted by atomic mass is 32.1. The molecule has 0 radical (unpaired) electrons. The lowest BCUT2D eigenvalue weighted by atomic mass is 9.82. The molecule has 0 bridgehead atoms. The number of benzene rings is 1. The van der Waals surface area contributed by atoms with E-state index < -0.39 is 0 Å². The summed E-state index contributed by atoms with van der Waals surface area (Å²) in [6, 6.07) is 11.5. The Kier molecular flexibility index (Phi) is 5.23. The molecular formula is C19H24N2O2S. The number of ether oxygens (including phenoxy) is 2. The van der Waals surface area contributed by atoms with Crippen molar-refractivity contribution in [3.05, 3.63) is 52.0 Å². The van der Waals surface area contributed by atoms with Crippen molar-refractivity contribution in [2.45, 2.75) is 50.5 Å². The fraction of sp³-hybridized carbons (Fsp3) is 0.526. The summed E-state index contributed by atoms with van der Waals surface area (Å²) >= 11 is 1.69. The zero-order valence-corrected chi connectivity index (χ0v) is 14.6. The van der Waals surface area contributed by atoms with Gasteiger partial charge in [-0.1, -0.05) is 30.3 Å². The highest BCUT2D eigenvalue weighted by molar-refractivity contribution is 7.09. The summed E-state index contributed by atoms with van der Waals surface area (Å²) in [5, 5.41) is 6.85. The Morgan fingerprint density at radius 1 is 1.04 bits per heavy atom. The van der Waals surface area contributed by atoms with Crippen LogP contribution in [-0.2, 0) is 16.0 Å². The molecule has 0 spiro atoms. The first-order valence-electron chi connectivity index (χ1n) is 8.84. The van der Waals surface area contributed by atoms with Crippen molar-refractivity contribution in [3.8, 4) is 0 Å². The molecule has 0 amide bonds. The lowest BCUT2D eigenvalue weighted by molar-refractivity contribution is -0.0469. The molecule has 2 aliphatic rings. The monoisotopic (exact) mass is 344 g/mol. The number of hydrogen-bond acceptors (Lipinski definition) is 5. The first kappa shape index (κ1) is 16.2. The van der Waals surface area contributed by atoms with Crippen LogP contribution in [0.4, 0.5) is 0 Å². The first-order valence-corrected chi connectivity index (χ1v) is 9.72. The van der Waals surface area contributed by atoms with Crippen LogP contribution in [0.3, 0.4) is 0 Å². The Balaban J connectivity index is 1.24. The summed E-state index contributed by atoms with van der Waals surface area (Å²) in [5.74, 6) is 0.729. The summed E-state index contributed by atoms with van der Waals surface area (Å²) in [7, 11) is 0. The van der Waals surface area contributed by atoms with Gasteiger partial charge in [0, 0.05) is 18.0 Å². The van der Waals surface area contributed by atoms with Gasteiger partial charge in [-0.3, -0.25) is 0 Å². The predicted molar refractivity (Wildman–Crippen MR) is 95.0 cm³/mol. The van der Waals surface area contributed by atoms with Gasteiger partial charge >= 0.3 is 0 Å². The van der Waals surface area contributed by atoms with Crippen LogP contribution in [-0.4, -0.2) is 24.2 Å². The van der Waals surface area contributed by atoms with E-state index in [4.69, 9.17) is 9.47 Å². The second-order valence-electron chi connectivity index (χ2n) is 6.58. The smallest absolute Gasteiger partial charge is 0.202 e. The SMILES string of the molecule is c1ccc(C2CCC(NCc3nc(C4OCCO4)cs3)CC2)cc1. The Hall–Kier alpha value is -1.27. The molecule has 24 heavy (non-hydrogen) atoms. The van der Waals surface area contributed by atoms with Crippen molar-refractivity contribution in [1.29, 1.82) is 0 Å². The van der Waals surface area contributed by atoms with Crippen molar-refractivity contribution in [2.24, 2.45) is 0 Å². The van der Waals surface area contributed by atoms with Gasteiger partial charge in [0.05, 0.1) is 13.2 Å². The summed E-state index contributed by atoms with van der Waals surface area (Å²) in [6.07, 6.45) is 4.78. The van der Waals surface area contributed by atoms with E-state index >= 15 is 0 Å². The van der Waals surface area contributed by atoms with Gasteiger partial charge in [-0.05, 0) is 37.2 Å². The van der Waals surface area contributed by atoms with E-state index in [1.807, 2.05) is 0 Å². The van der Waals surface area contributed by atoms with Crippen LogP contribution in [0.5, 0.6) is 0 Å². The van der Waals surface area contributed by atoms with Crippen LogP contribution in [0, 0.1) is 0 Å². The van der Waals surface area contributed by atoms with Crippen LogP contribution in [0.25, 0.3) is 0 Å². The third-order valence-corrected chi connectivity index (χ3v) is 5.84. The molecule has 2 heterocycles. The van der Waals surface area contributed by atoms with Gasteiger partial charge in [0.2, 0.25) is 6.29 Å². The van der Waals surface area contributed by atoms with Crippen molar-refractivity contribution in [1.82, 2.24) is 10.3 Å². The Morgan fingerprint density at radius 3 is 2.54 bits per heavy atom. The van der Waals surface area contributed by atoms with Gasteiger partial charge in [-0.2, -0.15) is 0 Å². The number of rotatable bonds is 5. The van der Waals surface area contributed by atoms with Gasteiger partial charge in [0.15, 0.2) is 0 Å². The van der Waals surface area contributed by atoms with Crippen molar-refractivity contribution >= 4 is 11.3 Å². The molecule has 1 aliphatic heterocycles. The molecule has 4 nitrogen and oxygen atoms in total. The lowest BCUT2D eigenvalue weighted by Crippen LogP contribution is -2.32. The number of nitrogens with one attached hydrogen (secondary N) is 1. The molecule has 0 unspecified atom stereocenters. The highest BCUT2D eigenvalue weighted by Crippen LogP contribution is 2.33. The quantitative estimate of drug-likeness (QED) is 0.890. The molecule has 2 aromatic rings. The normalized spacial score (nSPS) is 25.2. The van der Waals surface area contributed by atoms with Gasteiger partial charge in [0.1, 0.15) is 10.7 Å². The standard InChI is InChI=1S/C19H24N2O2S/c1-2-4-14(5-3-1)15-6-8-16(9-7-15)20-12-18-21-17(13-24-18)19-22-10-11-23-19/h1-5,13,15-16,19-20H,6-12H2. The molecule has 4 rings (SSSR count). The second-order valence-corrected chi connectivity index (χ2v) is 7.52. The number of thiazole rings is 1. The van der Waals surface area contributed by atoms with Gasteiger partial charge < -0.3 is 14.8 Å². The summed E-state index contributed by atoms with van der Waals surface area (Å²) in [6.45, 7) is 2.18. The molecule has 1 aromatic carbocycles. The molecule has 2 fully saturated rings. The first-order chi connectivity index (χ1) is 11.9. The third kappa shape index (κ3) is 3.86. The van der Waals surface area contributed by atoms with E-state index in [9.17, 15) is 0 Å². The highest BCUT2D eigenvalue weighted by Gasteiger charge is 2.23. The average Bonchev–Trinajstić information content (AvgIpc) is 3.33. The van der Waals surface area contributed by atoms with Crippen molar-refractivity contribution in [3.63, 3.8) is 0 Å². The van der Waals surface area contributed by atoms with Gasteiger partial charge in [-0.25, -0.2) is 4.98 Å². The summed E-state index contributed by atoms with van der Waals surface area (Å²) < 4.78 is 11.0.